The van der Waals surface area contributed by atoms with Gasteiger partial charge in [-0.1, -0.05) is 37.6 Å². The van der Waals surface area contributed by atoms with Crippen LogP contribution in [0.15, 0.2) is 24.3 Å². The van der Waals surface area contributed by atoms with Gasteiger partial charge >= 0.3 is 0 Å². The normalized spacial score (nSPS) is 11.8. The number of unbranched alkanes of at least 4 members (excludes halogenated alkanes) is 1. The molecule has 0 unspecified atom stereocenters. The van der Waals surface area contributed by atoms with E-state index in [1.165, 1.54) is 11.1 Å². The van der Waals surface area contributed by atoms with E-state index in [4.69, 9.17) is 27.9 Å². The zero-order chi connectivity index (χ0) is 14.1. The summed E-state index contributed by atoms with van der Waals surface area (Å²) >= 11 is 12.5. The van der Waals surface area contributed by atoms with Crippen LogP contribution in [-0.2, 0) is 10.2 Å². The lowest BCUT2D eigenvalue weighted by atomic mass is 9.79. The SMILES string of the molecule is CCCCOCCC(CCl)(CCl)c1ccccc1C. The highest BCUT2D eigenvalue weighted by atomic mass is 35.5. The molecule has 0 aliphatic heterocycles. The zero-order valence-electron chi connectivity index (χ0n) is 11.9. The number of rotatable bonds is 9. The minimum absolute atomic E-state index is 0.180. The first-order valence-corrected chi connectivity index (χ1v) is 8.03. The maximum atomic E-state index is 6.23. The van der Waals surface area contributed by atoms with Crippen LogP contribution in [0.3, 0.4) is 0 Å². The summed E-state index contributed by atoms with van der Waals surface area (Å²) in [4.78, 5) is 0. The minimum atomic E-state index is -0.180. The summed E-state index contributed by atoms with van der Waals surface area (Å²) in [5.74, 6) is 1.05. The summed E-state index contributed by atoms with van der Waals surface area (Å²) in [6.45, 7) is 5.82. The van der Waals surface area contributed by atoms with Crippen molar-refractivity contribution in [1.82, 2.24) is 0 Å². The Morgan fingerprint density at radius 2 is 1.79 bits per heavy atom. The number of alkyl halides is 2. The van der Waals surface area contributed by atoms with Gasteiger partial charge in [0.25, 0.3) is 0 Å². The third-order valence-electron chi connectivity index (χ3n) is 3.60. The Morgan fingerprint density at radius 1 is 1.11 bits per heavy atom. The molecular formula is C16H24Cl2O. The molecule has 0 saturated heterocycles. The Bertz CT molecular complexity index is 362. The van der Waals surface area contributed by atoms with E-state index in [0.717, 1.165) is 25.9 Å². The van der Waals surface area contributed by atoms with Gasteiger partial charge in [0.15, 0.2) is 0 Å². The maximum Gasteiger partial charge on any atom is 0.0475 e. The van der Waals surface area contributed by atoms with E-state index in [1.807, 2.05) is 12.1 Å². The Labute approximate surface area is 127 Å². The van der Waals surface area contributed by atoms with Crippen LogP contribution in [0.2, 0.25) is 0 Å². The number of hydrogen-bond donors (Lipinski definition) is 0. The quantitative estimate of drug-likeness (QED) is 0.465. The molecular weight excluding hydrogens is 279 g/mol. The van der Waals surface area contributed by atoms with Gasteiger partial charge in [-0.05, 0) is 30.9 Å². The molecule has 19 heavy (non-hydrogen) atoms. The molecule has 0 spiro atoms. The van der Waals surface area contributed by atoms with Crippen molar-refractivity contribution in [2.45, 2.75) is 38.5 Å². The van der Waals surface area contributed by atoms with Crippen molar-refractivity contribution in [2.75, 3.05) is 25.0 Å². The highest BCUT2D eigenvalue weighted by Crippen LogP contribution is 2.33. The molecule has 1 aromatic rings. The average molecular weight is 303 g/mol. The number of halogens is 2. The Morgan fingerprint density at radius 3 is 2.37 bits per heavy atom. The van der Waals surface area contributed by atoms with Crippen molar-refractivity contribution >= 4 is 23.2 Å². The lowest BCUT2D eigenvalue weighted by molar-refractivity contribution is 0.116. The molecule has 0 aliphatic rings. The molecule has 0 aliphatic carbocycles. The molecule has 0 radical (unpaired) electrons. The summed E-state index contributed by atoms with van der Waals surface area (Å²) in [6, 6.07) is 8.34. The molecule has 0 bridgehead atoms. The topological polar surface area (TPSA) is 9.23 Å². The number of aryl methyl sites for hydroxylation is 1. The lowest BCUT2D eigenvalue weighted by Crippen LogP contribution is -2.33. The molecule has 0 heterocycles. The molecule has 0 amide bonds. The van der Waals surface area contributed by atoms with Crippen molar-refractivity contribution in [3.63, 3.8) is 0 Å². The van der Waals surface area contributed by atoms with Gasteiger partial charge in [-0.15, -0.1) is 23.2 Å². The van der Waals surface area contributed by atoms with E-state index in [0.29, 0.717) is 18.4 Å². The largest absolute Gasteiger partial charge is 0.381 e. The monoisotopic (exact) mass is 302 g/mol. The summed E-state index contributed by atoms with van der Waals surface area (Å²) in [5, 5.41) is 0. The van der Waals surface area contributed by atoms with Gasteiger partial charge in [-0.3, -0.25) is 0 Å². The molecule has 0 N–H and O–H groups in total. The maximum absolute atomic E-state index is 6.23. The highest BCUT2D eigenvalue weighted by Gasteiger charge is 2.31. The van der Waals surface area contributed by atoms with E-state index in [2.05, 4.69) is 26.0 Å². The van der Waals surface area contributed by atoms with Crippen LogP contribution >= 0.6 is 23.2 Å². The Balaban J connectivity index is 2.71. The first-order chi connectivity index (χ1) is 9.20. The Hall–Kier alpha value is -0.240. The Kier molecular flexibility index (Phi) is 7.82. The summed E-state index contributed by atoms with van der Waals surface area (Å²) in [5.41, 5.74) is 2.32. The van der Waals surface area contributed by atoms with Crippen molar-refractivity contribution in [2.24, 2.45) is 0 Å². The average Bonchev–Trinajstić information content (AvgIpc) is 2.44. The van der Waals surface area contributed by atoms with E-state index in [9.17, 15) is 0 Å². The van der Waals surface area contributed by atoms with E-state index < -0.39 is 0 Å². The predicted octanol–water partition coefficient (Wildman–Crippen LogP) is 4.92. The van der Waals surface area contributed by atoms with Gasteiger partial charge < -0.3 is 4.74 Å². The molecule has 0 saturated carbocycles. The third kappa shape index (κ3) is 4.66. The summed E-state index contributed by atoms with van der Waals surface area (Å²) in [7, 11) is 0. The standard InChI is InChI=1S/C16H24Cl2O/c1-3-4-10-19-11-9-16(12-17,13-18)15-8-6-5-7-14(15)2/h5-8H,3-4,9-13H2,1-2H3. The van der Waals surface area contributed by atoms with E-state index >= 15 is 0 Å². The van der Waals surface area contributed by atoms with Crippen LogP contribution in [-0.4, -0.2) is 25.0 Å². The van der Waals surface area contributed by atoms with E-state index in [1.54, 1.807) is 0 Å². The lowest BCUT2D eigenvalue weighted by Gasteiger charge is -2.31. The predicted molar refractivity (Wildman–Crippen MR) is 84.6 cm³/mol. The van der Waals surface area contributed by atoms with Gasteiger partial charge in [0.1, 0.15) is 0 Å². The molecule has 1 aromatic carbocycles. The fourth-order valence-electron chi connectivity index (χ4n) is 2.23. The van der Waals surface area contributed by atoms with Crippen LogP contribution < -0.4 is 0 Å². The molecule has 1 nitrogen and oxygen atoms in total. The molecule has 0 fully saturated rings. The van der Waals surface area contributed by atoms with Crippen molar-refractivity contribution in [3.05, 3.63) is 35.4 Å². The first kappa shape index (κ1) is 16.8. The first-order valence-electron chi connectivity index (χ1n) is 6.96. The minimum Gasteiger partial charge on any atom is -0.381 e. The van der Waals surface area contributed by atoms with Gasteiger partial charge in [0.2, 0.25) is 0 Å². The highest BCUT2D eigenvalue weighted by molar-refractivity contribution is 6.22. The van der Waals surface area contributed by atoms with Gasteiger partial charge in [-0.25, -0.2) is 0 Å². The number of benzene rings is 1. The van der Waals surface area contributed by atoms with Crippen molar-refractivity contribution in [1.29, 1.82) is 0 Å². The van der Waals surface area contributed by atoms with Crippen LogP contribution in [0, 0.1) is 6.92 Å². The fourth-order valence-corrected chi connectivity index (χ4v) is 3.07. The number of hydrogen-bond acceptors (Lipinski definition) is 1. The zero-order valence-corrected chi connectivity index (χ0v) is 13.4. The van der Waals surface area contributed by atoms with Crippen LogP contribution in [0.1, 0.15) is 37.3 Å². The van der Waals surface area contributed by atoms with Crippen molar-refractivity contribution < 1.29 is 4.74 Å². The third-order valence-corrected chi connectivity index (χ3v) is 4.62. The van der Waals surface area contributed by atoms with Crippen LogP contribution in [0.5, 0.6) is 0 Å². The number of ether oxygens (including phenoxy) is 1. The smallest absolute Gasteiger partial charge is 0.0475 e. The molecule has 0 aromatic heterocycles. The van der Waals surface area contributed by atoms with Gasteiger partial charge in [-0.2, -0.15) is 0 Å². The van der Waals surface area contributed by atoms with Gasteiger partial charge in [0, 0.05) is 30.4 Å². The van der Waals surface area contributed by atoms with Crippen molar-refractivity contribution in [3.8, 4) is 0 Å². The second-order valence-electron chi connectivity index (χ2n) is 5.08. The molecule has 108 valence electrons. The molecule has 1 rings (SSSR count). The fraction of sp³-hybridized carbons (Fsp3) is 0.625. The molecule has 0 atom stereocenters. The van der Waals surface area contributed by atoms with E-state index in [-0.39, 0.29) is 5.41 Å². The second-order valence-corrected chi connectivity index (χ2v) is 5.61. The summed E-state index contributed by atoms with van der Waals surface area (Å²) < 4.78 is 5.68. The van der Waals surface area contributed by atoms with Gasteiger partial charge in [0.05, 0.1) is 0 Å². The summed E-state index contributed by atoms with van der Waals surface area (Å²) in [6.07, 6.45) is 3.14. The second kappa shape index (κ2) is 8.84. The van der Waals surface area contributed by atoms with Crippen LogP contribution in [0.25, 0.3) is 0 Å². The van der Waals surface area contributed by atoms with Crippen LogP contribution in [0.4, 0.5) is 0 Å². The molecule has 3 heteroatoms.